The molecule has 0 radical (unpaired) electrons. The van der Waals surface area contributed by atoms with E-state index in [-0.39, 0.29) is 5.91 Å². The molecule has 0 bridgehead atoms. The molecule has 2 atom stereocenters. The standard InChI is InChI=1S/C21H20N2O/c24-21(18-13-22-19-10-4-3-8-16(18)19)23-11-5-9-17-15-7-2-1-6-14(15)12-20(17)23/h1-4,6-8,10,13,17,20,22H,5,9,11-12H2/t17-,20?/m1/s1. The molecule has 3 aromatic rings. The van der Waals surface area contributed by atoms with Gasteiger partial charge in [-0.15, -0.1) is 0 Å². The number of rotatable bonds is 1. The number of hydrogen-bond donors (Lipinski definition) is 1. The van der Waals surface area contributed by atoms with Crippen molar-refractivity contribution in [3.63, 3.8) is 0 Å². The summed E-state index contributed by atoms with van der Waals surface area (Å²) in [5.41, 5.74) is 4.72. The van der Waals surface area contributed by atoms with Gasteiger partial charge in [0.05, 0.1) is 5.56 Å². The van der Waals surface area contributed by atoms with Crippen molar-refractivity contribution >= 4 is 16.8 Å². The number of hydrogen-bond acceptors (Lipinski definition) is 1. The van der Waals surface area contributed by atoms with Gasteiger partial charge in [-0.1, -0.05) is 42.5 Å². The van der Waals surface area contributed by atoms with E-state index in [9.17, 15) is 4.79 Å². The zero-order chi connectivity index (χ0) is 16.1. The van der Waals surface area contributed by atoms with Crippen molar-refractivity contribution < 1.29 is 4.79 Å². The predicted molar refractivity (Wildman–Crippen MR) is 95.2 cm³/mol. The summed E-state index contributed by atoms with van der Waals surface area (Å²) in [6, 6.07) is 17.1. The van der Waals surface area contributed by atoms with E-state index in [1.54, 1.807) is 0 Å². The number of fused-ring (bicyclic) bond motifs is 4. The van der Waals surface area contributed by atoms with Crippen LogP contribution in [0.1, 0.15) is 40.2 Å². The Hall–Kier alpha value is -2.55. The highest BCUT2D eigenvalue weighted by Gasteiger charge is 2.40. The van der Waals surface area contributed by atoms with Gasteiger partial charge >= 0.3 is 0 Å². The Morgan fingerprint density at radius 3 is 2.88 bits per heavy atom. The Morgan fingerprint density at radius 1 is 1.08 bits per heavy atom. The first-order valence-electron chi connectivity index (χ1n) is 8.78. The summed E-state index contributed by atoms with van der Waals surface area (Å²) in [6.07, 6.45) is 5.15. The fraction of sp³-hybridized carbons (Fsp3) is 0.286. The van der Waals surface area contributed by atoms with E-state index in [1.165, 1.54) is 17.5 Å². The van der Waals surface area contributed by atoms with Gasteiger partial charge in [0.2, 0.25) is 0 Å². The second kappa shape index (κ2) is 5.23. The number of amides is 1. The summed E-state index contributed by atoms with van der Waals surface area (Å²) in [5, 5.41) is 1.03. The van der Waals surface area contributed by atoms with Crippen molar-refractivity contribution in [3.05, 3.63) is 71.4 Å². The van der Waals surface area contributed by atoms with Crippen LogP contribution in [0.3, 0.4) is 0 Å². The molecule has 1 aromatic heterocycles. The van der Waals surface area contributed by atoms with Crippen molar-refractivity contribution in [2.24, 2.45) is 0 Å². The Balaban J connectivity index is 1.52. The van der Waals surface area contributed by atoms with E-state index >= 15 is 0 Å². The molecule has 3 nitrogen and oxygen atoms in total. The highest BCUT2D eigenvalue weighted by atomic mass is 16.2. The van der Waals surface area contributed by atoms with Crippen molar-refractivity contribution in [1.29, 1.82) is 0 Å². The molecule has 1 aliphatic heterocycles. The molecule has 1 saturated heterocycles. The zero-order valence-electron chi connectivity index (χ0n) is 13.5. The highest BCUT2D eigenvalue weighted by Crippen LogP contribution is 2.42. The molecule has 3 heteroatoms. The molecule has 0 saturated carbocycles. The van der Waals surface area contributed by atoms with E-state index in [0.717, 1.165) is 35.9 Å². The Morgan fingerprint density at radius 2 is 1.92 bits per heavy atom. The summed E-state index contributed by atoms with van der Waals surface area (Å²) >= 11 is 0. The Labute approximate surface area is 141 Å². The highest BCUT2D eigenvalue weighted by molar-refractivity contribution is 6.06. The lowest BCUT2D eigenvalue weighted by Crippen LogP contribution is -2.46. The minimum absolute atomic E-state index is 0.176. The third-order valence-electron chi connectivity index (χ3n) is 5.74. The molecule has 1 aliphatic carbocycles. The molecule has 120 valence electrons. The number of nitrogens with zero attached hydrogens (tertiary/aromatic N) is 1. The maximum atomic E-state index is 13.3. The van der Waals surface area contributed by atoms with Gasteiger partial charge in [-0.2, -0.15) is 0 Å². The number of benzene rings is 2. The van der Waals surface area contributed by atoms with E-state index in [0.29, 0.717) is 12.0 Å². The fourth-order valence-electron chi connectivity index (χ4n) is 4.63. The Bertz CT molecular complexity index is 926. The molecule has 24 heavy (non-hydrogen) atoms. The number of para-hydroxylation sites is 1. The lowest BCUT2D eigenvalue weighted by atomic mass is 9.88. The number of nitrogens with one attached hydrogen (secondary N) is 1. The molecular formula is C21H20N2O. The molecule has 2 aliphatic rings. The van der Waals surface area contributed by atoms with Crippen molar-refractivity contribution in [3.8, 4) is 0 Å². The van der Waals surface area contributed by atoms with Crippen LogP contribution in [0.2, 0.25) is 0 Å². The van der Waals surface area contributed by atoms with E-state index < -0.39 is 0 Å². The average molecular weight is 316 g/mol. The summed E-state index contributed by atoms with van der Waals surface area (Å²) in [4.78, 5) is 18.6. The van der Waals surface area contributed by atoms with Crippen LogP contribution < -0.4 is 0 Å². The molecule has 0 spiro atoms. The molecule has 2 aromatic carbocycles. The minimum atomic E-state index is 0.176. The first-order valence-corrected chi connectivity index (χ1v) is 8.78. The predicted octanol–water partition coefficient (Wildman–Crippen LogP) is 4.11. The van der Waals surface area contributed by atoms with E-state index in [1.807, 2.05) is 30.5 Å². The van der Waals surface area contributed by atoms with Gasteiger partial charge in [0, 0.05) is 35.6 Å². The number of aromatic nitrogens is 1. The number of piperidine rings is 1. The summed E-state index contributed by atoms with van der Waals surface area (Å²) in [6.45, 7) is 0.869. The summed E-state index contributed by atoms with van der Waals surface area (Å²) in [7, 11) is 0. The molecule has 1 unspecified atom stereocenters. The van der Waals surface area contributed by atoms with Gasteiger partial charge in [-0.3, -0.25) is 4.79 Å². The van der Waals surface area contributed by atoms with Gasteiger partial charge in [-0.05, 0) is 36.5 Å². The maximum absolute atomic E-state index is 13.3. The first-order chi connectivity index (χ1) is 11.8. The van der Waals surface area contributed by atoms with Crippen LogP contribution in [0, 0.1) is 0 Å². The second-order valence-corrected chi connectivity index (χ2v) is 6.97. The molecule has 1 N–H and O–H groups in total. The van der Waals surface area contributed by atoms with Crippen molar-refractivity contribution in [2.45, 2.75) is 31.2 Å². The van der Waals surface area contributed by atoms with Crippen LogP contribution in [-0.2, 0) is 6.42 Å². The van der Waals surface area contributed by atoms with Crippen LogP contribution in [0.5, 0.6) is 0 Å². The van der Waals surface area contributed by atoms with Crippen LogP contribution in [0.25, 0.3) is 10.9 Å². The molecule has 2 heterocycles. The minimum Gasteiger partial charge on any atom is -0.360 e. The van der Waals surface area contributed by atoms with Gasteiger partial charge in [0.1, 0.15) is 0 Å². The average Bonchev–Trinajstić information content (AvgIpc) is 3.22. The summed E-state index contributed by atoms with van der Waals surface area (Å²) < 4.78 is 0. The van der Waals surface area contributed by atoms with E-state index in [2.05, 4.69) is 34.1 Å². The third-order valence-corrected chi connectivity index (χ3v) is 5.74. The number of aromatic amines is 1. The number of H-pyrrole nitrogens is 1. The normalized spacial score (nSPS) is 22.4. The zero-order valence-corrected chi connectivity index (χ0v) is 13.5. The van der Waals surface area contributed by atoms with Gasteiger partial charge < -0.3 is 9.88 Å². The Kier molecular flexibility index (Phi) is 3.02. The second-order valence-electron chi connectivity index (χ2n) is 6.97. The number of carbonyl (C=O) groups is 1. The van der Waals surface area contributed by atoms with Gasteiger partial charge in [-0.25, -0.2) is 0 Å². The maximum Gasteiger partial charge on any atom is 0.256 e. The molecule has 1 amide bonds. The molecular weight excluding hydrogens is 296 g/mol. The van der Waals surface area contributed by atoms with Crippen LogP contribution in [-0.4, -0.2) is 28.4 Å². The van der Waals surface area contributed by atoms with Crippen molar-refractivity contribution in [2.75, 3.05) is 6.54 Å². The monoisotopic (exact) mass is 316 g/mol. The third kappa shape index (κ3) is 1.94. The quantitative estimate of drug-likeness (QED) is 0.720. The fourth-order valence-corrected chi connectivity index (χ4v) is 4.63. The molecule has 5 rings (SSSR count). The summed E-state index contributed by atoms with van der Waals surface area (Å²) in [5.74, 6) is 0.680. The molecule has 1 fully saturated rings. The first kappa shape index (κ1) is 13.8. The van der Waals surface area contributed by atoms with Crippen LogP contribution in [0.15, 0.2) is 54.7 Å². The van der Waals surface area contributed by atoms with E-state index in [4.69, 9.17) is 0 Å². The largest absolute Gasteiger partial charge is 0.360 e. The smallest absolute Gasteiger partial charge is 0.256 e. The lowest BCUT2D eigenvalue weighted by molar-refractivity contribution is 0.0597. The topological polar surface area (TPSA) is 36.1 Å². The van der Waals surface area contributed by atoms with Gasteiger partial charge in [0.15, 0.2) is 0 Å². The van der Waals surface area contributed by atoms with Crippen LogP contribution >= 0.6 is 0 Å². The van der Waals surface area contributed by atoms with Crippen LogP contribution in [0.4, 0.5) is 0 Å². The number of likely N-dealkylation sites (tertiary alicyclic amines) is 1. The SMILES string of the molecule is O=C(c1c[nH]c2ccccc12)N1CCC[C@@H]2c3ccccc3CC21. The lowest BCUT2D eigenvalue weighted by Gasteiger charge is -2.38. The number of carbonyl (C=O) groups excluding carboxylic acids is 1. The van der Waals surface area contributed by atoms with Gasteiger partial charge in [0.25, 0.3) is 5.91 Å². The van der Waals surface area contributed by atoms with Crippen molar-refractivity contribution in [1.82, 2.24) is 9.88 Å².